The minimum atomic E-state index is -1.72. The van der Waals surface area contributed by atoms with Gasteiger partial charge in [-0.3, -0.25) is 10.1 Å². The van der Waals surface area contributed by atoms with Crippen LogP contribution in [-0.4, -0.2) is 90.2 Å². The van der Waals surface area contributed by atoms with Crippen LogP contribution in [0.25, 0.3) is 0 Å². The molecule has 4 bridgehead atoms. The predicted molar refractivity (Wildman–Crippen MR) is 143 cm³/mol. The Morgan fingerprint density at radius 2 is 1.95 bits per heavy atom. The lowest BCUT2D eigenvalue weighted by Gasteiger charge is -2.42. The number of ether oxygens (including phenoxy) is 4. The van der Waals surface area contributed by atoms with Gasteiger partial charge in [-0.25, -0.2) is 4.79 Å². The summed E-state index contributed by atoms with van der Waals surface area (Å²) in [4.78, 5) is 27.2. The molecule has 0 aromatic carbocycles. The highest BCUT2D eigenvalue weighted by atomic mass is 35.5. The zero-order chi connectivity index (χ0) is 28.7. The predicted octanol–water partition coefficient (Wildman–Crippen LogP) is 2.89. The molecule has 0 aromatic heterocycles. The number of hydrogen-bond donors (Lipinski definition) is 3. The number of epoxide rings is 1. The topological polar surface area (TPSA) is 130 Å². The first kappa shape index (κ1) is 29.8. The van der Waals surface area contributed by atoms with E-state index in [1.54, 1.807) is 33.2 Å². The van der Waals surface area contributed by atoms with E-state index in [9.17, 15) is 19.8 Å². The van der Waals surface area contributed by atoms with Gasteiger partial charge in [0.2, 0.25) is 5.91 Å². The van der Waals surface area contributed by atoms with Crippen molar-refractivity contribution in [3.05, 3.63) is 46.2 Å². The van der Waals surface area contributed by atoms with Crippen LogP contribution < -0.4 is 5.32 Å². The van der Waals surface area contributed by atoms with Crippen molar-refractivity contribution >= 4 is 23.6 Å². The van der Waals surface area contributed by atoms with E-state index in [1.807, 2.05) is 26.0 Å². The number of alkyl carbamates (subject to hydrolysis) is 1. The molecule has 1 unspecified atom stereocenters. The van der Waals surface area contributed by atoms with Crippen molar-refractivity contribution in [3.63, 3.8) is 0 Å². The third kappa shape index (κ3) is 5.96. The van der Waals surface area contributed by atoms with Crippen molar-refractivity contribution in [1.29, 1.82) is 0 Å². The van der Waals surface area contributed by atoms with Crippen molar-refractivity contribution < 1.29 is 38.7 Å². The van der Waals surface area contributed by atoms with E-state index in [4.69, 9.17) is 30.5 Å². The van der Waals surface area contributed by atoms with Crippen molar-refractivity contribution in [1.82, 2.24) is 10.2 Å². The van der Waals surface area contributed by atoms with Crippen molar-refractivity contribution in [2.45, 2.75) is 88.3 Å². The molecule has 1 aliphatic carbocycles. The quantitative estimate of drug-likeness (QED) is 0.435. The first-order chi connectivity index (χ1) is 18.3. The molecule has 8 atom stereocenters. The van der Waals surface area contributed by atoms with E-state index in [2.05, 4.69) is 5.32 Å². The number of likely N-dealkylation sites (N-methyl/N-ethyl adjacent to an activating group) is 1. The van der Waals surface area contributed by atoms with Gasteiger partial charge in [-0.15, -0.1) is 0 Å². The molecule has 39 heavy (non-hydrogen) atoms. The Kier molecular flexibility index (Phi) is 8.66. The summed E-state index contributed by atoms with van der Waals surface area (Å²) >= 11 is 6.65. The van der Waals surface area contributed by atoms with Crippen LogP contribution in [0.2, 0.25) is 0 Å². The molecule has 4 rings (SSSR count). The van der Waals surface area contributed by atoms with Crippen LogP contribution in [0.5, 0.6) is 0 Å². The molecule has 11 heteroatoms. The Balaban J connectivity index is 1.71. The number of fused-ring (bicyclic) bond motifs is 4. The van der Waals surface area contributed by atoms with Gasteiger partial charge in [0.1, 0.15) is 17.8 Å². The molecule has 2 fully saturated rings. The van der Waals surface area contributed by atoms with Gasteiger partial charge in [0.15, 0.2) is 5.72 Å². The van der Waals surface area contributed by atoms with Gasteiger partial charge in [0.05, 0.1) is 35.5 Å². The van der Waals surface area contributed by atoms with Crippen LogP contribution in [0.1, 0.15) is 46.5 Å². The Morgan fingerprint density at radius 3 is 2.62 bits per heavy atom. The van der Waals surface area contributed by atoms with Crippen molar-refractivity contribution in [2.75, 3.05) is 21.3 Å². The van der Waals surface area contributed by atoms with Crippen molar-refractivity contribution in [3.8, 4) is 0 Å². The number of rotatable bonds is 2. The second-order valence-corrected chi connectivity index (χ2v) is 11.6. The first-order valence-corrected chi connectivity index (χ1v) is 13.5. The van der Waals surface area contributed by atoms with Crippen LogP contribution in [0.15, 0.2) is 46.2 Å². The Labute approximate surface area is 234 Å². The second-order valence-electron chi connectivity index (χ2n) is 11.1. The standard InChI is InChI=1S/C28H39ClN2O8/c1-15-8-7-9-22(37-6)28(35)14-20(38-26(34)30-28)16(2)25-27(3,39-25)21(32)13-23(33)31(4)18-11-17(10-15)12-19(36-5)24(18)29/h7-9,11,16,19-22,25,32,35H,10,12-14H2,1-6H3,(H,30,34)/b9-7+,15-8+/t16-,19?,20+,21+,22-,25+,27+,28+/m1/s1. The maximum Gasteiger partial charge on any atom is 0.409 e. The molecule has 0 spiro atoms. The third-order valence-electron chi connectivity index (χ3n) is 8.30. The Bertz CT molecular complexity index is 1120. The summed E-state index contributed by atoms with van der Waals surface area (Å²) in [5, 5.41) is 25.4. The van der Waals surface area contributed by atoms with Gasteiger partial charge >= 0.3 is 6.09 Å². The molecule has 3 aliphatic heterocycles. The fourth-order valence-electron chi connectivity index (χ4n) is 5.75. The lowest BCUT2D eigenvalue weighted by molar-refractivity contribution is -0.142. The average molecular weight is 567 g/mol. The molecule has 10 nitrogen and oxygen atoms in total. The number of aliphatic hydroxyl groups excluding tert-OH is 1. The average Bonchev–Trinajstić information content (AvgIpc) is 3.58. The monoisotopic (exact) mass is 566 g/mol. The summed E-state index contributed by atoms with van der Waals surface area (Å²) in [5.74, 6) is -0.714. The maximum atomic E-state index is 13.3. The zero-order valence-electron chi connectivity index (χ0n) is 23.3. The van der Waals surface area contributed by atoms with E-state index >= 15 is 0 Å². The SMILES string of the molecule is COC1CC2=CC(=C1Cl)N(C)C(=O)C[C@H](O)[C@]1(C)O[C@H]1[C@H](C)[C@@H]1C[C@@](O)(NC(=O)O1)[C@H](OC)/C=C/C=C(\C)C2. The molecule has 2 amide bonds. The van der Waals surface area contributed by atoms with Crippen molar-refractivity contribution in [2.24, 2.45) is 5.92 Å². The Hall–Kier alpha value is -2.21. The van der Waals surface area contributed by atoms with Gasteiger partial charge in [0.25, 0.3) is 0 Å². The van der Waals surface area contributed by atoms with Crippen LogP contribution in [0.4, 0.5) is 4.79 Å². The number of nitrogens with one attached hydrogen (secondary N) is 1. The maximum absolute atomic E-state index is 13.3. The number of amides is 2. The normalized spacial score (nSPS) is 42.0. The number of carbonyl (C=O) groups excluding carboxylic acids is 2. The highest BCUT2D eigenvalue weighted by molar-refractivity contribution is 6.31. The molecular weight excluding hydrogens is 528 g/mol. The summed E-state index contributed by atoms with van der Waals surface area (Å²) in [6.07, 6.45) is 3.91. The largest absolute Gasteiger partial charge is 0.446 e. The molecular formula is C28H39ClN2O8. The summed E-state index contributed by atoms with van der Waals surface area (Å²) < 4.78 is 22.6. The van der Waals surface area contributed by atoms with Gasteiger partial charge in [-0.1, -0.05) is 47.9 Å². The summed E-state index contributed by atoms with van der Waals surface area (Å²) in [5.41, 5.74) is -0.184. The lowest BCUT2D eigenvalue weighted by Crippen LogP contribution is -2.63. The molecule has 3 heterocycles. The fourth-order valence-corrected chi connectivity index (χ4v) is 6.09. The Morgan fingerprint density at radius 1 is 1.23 bits per heavy atom. The molecule has 216 valence electrons. The molecule has 4 aliphatic rings. The number of nitrogens with zero attached hydrogens (tertiary/aromatic N) is 1. The van der Waals surface area contributed by atoms with E-state index in [-0.39, 0.29) is 24.7 Å². The number of halogens is 1. The highest BCUT2D eigenvalue weighted by Crippen LogP contribution is 2.48. The van der Waals surface area contributed by atoms with Gasteiger partial charge in [-0.05, 0) is 26.3 Å². The van der Waals surface area contributed by atoms with Gasteiger partial charge in [-0.2, -0.15) is 0 Å². The molecule has 0 radical (unpaired) electrons. The summed E-state index contributed by atoms with van der Waals surface area (Å²) in [6, 6.07) is 0. The van der Waals surface area contributed by atoms with E-state index in [1.165, 1.54) is 12.0 Å². The van der Waals surface area contributed by atoms with Crippen LogP contribution in [-0.2, 0) is 23.7 Å². The minimum Gasteiger partial charge on any atom is -0.446 e. The first-order valence-electron chi connectivity index (χ1n) is 13.1. The molecule has 0 aromatic rings. The third-order valence-corrected chi connectivity index (χ3v) is 8.74. The van der Waals surface area contributed by atoms with E-state index in [0.717, 1.165) is 11.1 Å². The highest BCUT2D eigenvalue weighted by Gasteiger charge is 2.62. The lowest BCUT2D eigenvalue weighted by atomic mass is 9.84. The molecule has 0 saturated carbocycles. The zero-order valence-corrected chi connectivity index (χ0v) is 24.0. The number of hydrogen-bond acceptors (Lipinski definition) is 8. The summed E-state index contributed by atoms with van der Waals surface area (Å²) in [6.45, 7) is 5.53. The van der Waals surface area contributed by atoms with E-state index in [0.29, 0.717) is 23.6 Å². The molecule has 2 saturated heterocycles. The van der Waals surface area contributed by atoms with Gasteiger partial charge < -0.3 is 34.1 Å². The van der Waals surface area contributed by atoms with E-state index < -0.39 is 47.9 Å². The minimum absolute atomic E-state index is 0.0388. The van der Waals surface area contributed by atoms with Gasteiger partial charge in [0, 0.05) is 40.0 Å². The number of carbonyl (C=O) groups is 2. The second kappa shape index (κ2) is 11.3. The van der Waals surface area contributed by atoms with Crippen LogP contribution in [0.3, 0.4) is 0 Å². The summed E-state index contributed by atoms with van der Waals surface area (Å²) in [7, 11) is 4.66. The van der Waals surface area contributed by atoms with Crippen LogP contribution in [0, 0.1) is 5.92 Å². The number of methoxy groups -OCH3 is 2. The van der Waals surface area contributed by atoms with Crippen LogP contribution >= 0.6 is 11.6 Å². The smallest absolute Gasteiger partial charge is 0.409 e. The number of aliphatic hydroxyl groups is 2. The fraction of sp³-hybridized carbons (Fsp3) is 0.643. The molecule has 3 N–H and O–H groups in total. The number of allylic oxidation sites excluding steroid dienone is 4.